The molecule has 0 aliphatic rings. The van der Waals surface area contributed by atoms with Gasteiger partial charge < -0.3 is 5.32 Å². The fourth-order valence-corrected chi connectivity index (χ4v) is 2.43. The molecule has 0 saturated carbocycles. The van der Waals surface area contributed by atoms with Gasteiger partial charge in [0.25, 0.3) is 5.91 Å². The summed E-state index contributed by atoms with van der Waals surface area (Å²) in [5.74, 6) is 0.358. The highest BCUT2D eigenvalue weighted by atomic mass is 79.9. The van der Waals surface area contributed by atoms with Crippen LogP contribution in [0.25, 0.3) is 0 Å². The second-order valence-electron chi connectivity index (χ2n) is 5.85. The Bertz CT molecular complexity index is 641. The molecule has 1 aromatic heterocycles. The van der Waals surface area contributed by atoms with Crippen molar-refractivity contribution in [2.45, 2.75) is 33.1 Å². The molecule has 0 spiro atoms. The SMILES string of the molecule is Cc1ccc(C(=O)Nc2cc(C(C)(C)C)[nH]n2)c(Br)c1. The van der Waals surface area contributed by atoms with Crippen LogP contribution < -0.4 is 5.32 Å². The van der Waals surface area contributed by atoms with E-state index >= 15 is 0 Å². The van der Waals surface area contributed by atoms with Gasteiger partial charge in [0.2, 0.25) is 0 Å². The number of amides is 1. The van der Waals surface area contributed by atoms with Crippen molar-refractivity contribution in [2.75, 3.05) is 5.32 Å². The topological polar surface area (TPSA) is 57.8 Å². The highest BCUT2D eigenvalue weighted by molar-refractivity contribution is 9.10. The standard InChI is InChI=1S/C15H18BrN3O/c1-9-5-6-10(11(16)7-9)14(20)17-13-8-12(18-19-13)15(2,3)4/h5-8H,1-4H3,(H2,17,18,19,20). The predicted octanol–water partition coefficient (Wildman–Crippen LogP) is 4.03. The summed E-state index contributed by atoms with van der Waals surface area (Å²) in [6, 6.07) is 7.48. The Morgan fingerprint density at radius 3 is 2.55 bits per heavy atom. The lowest BCUT2D eigenvalue weighted by Gasteiger charge is -2.14. The Labute approximate surface area is 127 Å². The van der Waals surface area contributed by atoms with Crippen LogP contribution in [0.3, 0.4) is 0 Å². The number of nitrogens with zero attached hydrogens (tertiary/aromatic N) is 1. The van der Waals surface area contributed by atoms with E-state index in [1.165, 1.54) is 0 Å². The van der Waals surface area contributed by atoms with E-state index in [1.54, 1.807) is 6.07 Å². The average Bonchev–Trinajstić information content (AvgIpc) is 2.76. The minimum atomic E-state index is -0.177. The van der Waals surface area contributed by atoms with Gasteiger partial charge in [0.1, 0.15) is 0 Å². The van der Waals surface area contributed by atoms with Crippen LogP contribution in [0.2, 0.25) is 0 Å². The van der Waals surface area contributed by atoms with E-state index in [4.69, 9.17) is 0 Å². The molecule has 1 heterocycles. The highest BCUT2D eigenvalue weighted by Gasteiger charge is 2.18. The van der Waals surface area contributed by atoms with Gasteiger partial charge in [-0.15, -0.1) is 0 Å². The number of benzene rings is 1. The molecule has 1 amide bonds. The molecule has 0 unspecified atom stereocenters. The zero-order chi connectivity index (χ0) is 14.9. The number of aryl methyl sites for hydroxylation is 1. The third-order valence-electron chi connectivity index (χ3n) is 3.00. The van der Waals surface area contributed by atoms with E-state index in [0.717, 1.165) is 15.7 Å². The maximum atomic E-state index is 12.2. The summed E-state index contributed by atoms with van der Waals surface area (Å²) in [7, 11) is 0. The number of carbonyl (C=O) groups excluding carboxylic acids is 1. The van der Waals surface area contributed by atoms with E-state index in [0.29, 0.717) is 11.4 Å². The first-order valence-corrected chi connectivity index (χ1v) is 7.20. The molecule has 0 fully saturated rings. The molecule has 4 nitrogen and oxygen atoms in total. The second kappa shape index (κ2) is 5.40. The van der Waals surface area contributed by atoms with E-state index in [1.807, 2.05) is 25.1 Å². The molecule has 5 heteroatoms. The number of aromatic nitrogens is 2. The summed E-state index contributed by atoms with van der Waals surface area (Å²) in [5.41, 5.74) is 2.65. The lowest BCUT2D eigenvalue weighted by molar-refractivity contribution is 0.102. The average molecular weight is 336 g/mol. The zero-order valence-corrected chi connectivity index (χ0v) is 13.6. The molecule has 2 rings (SSSR count). The maximum absolute atomic E-state index is 12.2. The van der Waals surface area contributed by atoms with Crippen LogP contribution in [-0.4, -0.2) is 16.1 Å². The Balaban J connectivity index is 2.17. The number of rotatable bonds is 2. The van der Waals surface area contributed by atoms with Gasteiger partial charge in [-0.1, -0.05) is 26.8 Å². The number of anilines is 1. The molecule has 0 bridgehead atoms. The van der Waals surface area contributed by atoms with Crippen molar-refractivity contribution in [2.24, 2.45) is 0 Å². The van der Waals surface area contributed by atoms with Gasteiger partial charge in [-0.25, -0.2) is 0 Å². The van der Waals surface area contributed by atoms with E-state index in [9.17, 15) is 4.79 Å². The normalized spacial score (nSPS) is 11.4. The monoisotopic (exact) mass is 335 g/mol. The smallest absolute Gasteiger partial charge is 0.258 e. The van der Waals surface area contributed by atoms with Crippen molar-refractivity contribution in [3.05, 3.63) is 45.6 Å². The Morgan fingerprint density at radius 1 is 1.30 bits per heavy atom. The van der Waals surface area contributed by atoms with Gasteiger partial charge >= 0.3 is 0 Å². The molecule has 0 atom stereocenters. The molecule has 0 radical (unpaired) electrons. The largest absolute Gasteiger partial charge is 0.305 e. The summed E-state index contributed by atoms with van der Waals surface area (Å²) in [4.78, 5) is 12.2. The molecular weight excluding hydrogens is 318 g/mol. The molecule has 0 aliphatic carbocycles. The molecule has 0 saturated heterocycles. The van der Waals surface area contributed by atoms with Gasteiger partial charge in [0, 0.05) is 21.6 Å². The number of nitrogens with one attached hydrogen (secondary N) is 2. The third kappa shape index (κ3) is 3.28. The number of carbonyl (C=O) groups is 1. The number of hydrogen-bond acceptors (Lipinski definition) is 2. The van der Waals surface area contributed by atoms with Crippen LogP contribution in [0.15, 0.2) is 28.7 Å². The van der Waals surface area contributed by atoms with Crippen molar-refractivity contribution >= 4 is 27.7 Å². The number of halogens is 1. The molecule has 2 aromatic rings. The fourth-order valence-electron chi connectivity index (χ4n) is 1.76. The van der Waals surface area contributed by atoms with Gasteiger partial charge in [-0.2, -0.15) is 5.10 Å². The molecular formula is C15H18BrN3O. The Morgan fingerprint density at radius 2 is 2.00 bits per heavy atom. The number of hydrogen-bond donors (Lipinski definition) is 2. The van der Waals surface area contributed by atoms with Crippen molar-refractivity contribution in [3.63, 3.8) is 0 Å². The van der Waals surface area contributed by atoms with E-state index in [2.05, 4.69) is 52.2 Å². The summed E-state index contributed by atoms with van der Waals surface area (Å²) in [5, 5.41) is 9.87. The first-order chi connectivity index (χ1) is 9.27. The third-order valence-corrected chi connectivity index (χ3v) is 3.65. The summed E-state index contributed by atoms with van der Waals surface area (Å²) >= 11 is 3.41. The summed E-state index contributed by atoms with van der Waals surface area (Å²) in [6.07, 6.45) is 0. The Hall–Kier alpha value is -1.62. The minimum absolute atomic E-state index is 0.0274. The molecule has 20 heavy (non-hydrogen) atoms. The van der Waals surface area contributed by atoms with Gasteiger partial charge in [-0.3, -0.25) is 9.89 Å². The van der Waals surface area contributed by atoms with Crippen LogP contribution in [0.1, 0.15) is 42.4 Å². The predicted molar refractivity (Wildman–Crippen MR) is 84.1 cm³/mol. The highest BCUT2D eigenvalue weighted by Crippen LogP contribution is 2.23. The molecule has 1 aromatic carbocycles. The zero-order valence-electron chi connectivity index (χ0n) is 12.0. The molecule has 0 aliphatic heterocycles. The van der Waals surface area contributed by atoms with Crippen molar-refractivity contribution in [3.8, 4) is 0 Å². The second-order valence-corrected chi connectivity index (χ2v) is 6.71. The first kappa shape index (κ1) is 14.8. The summed E-state index contributed by atoms with van der Waals surface area (Å²) < 4.78 is 0.779. The van der Waals surface area contributed by atoms with Crippen LogP contribution in [0.5, 0.6) is 0 Å². The van der Waals surface area contributed by atoms with Crippen molar-refractivity contribution < 1.29 is 4.79 Å². The lowest BCUT2D eigenvalue weighted by Crippen LogP contribution is -2.13. The molecule has 2 N–H and O–H groups in total. The minimum Gasteiger partial charge on any atom is -0.305 e. The first-order valence-electron chi connectivity index (χ1n) is 6.41. The Kier molecular flexibility index (Phi) is 3.99. The van der Waals surface area contributed by atoms with Crippen LogP contribution in [0.4, 0.5) is 5.82 Å². The summed E-state index contributed by atoms with van der Waals surface area (Å²) in [6.45, 7) is 8.24. The maximum Gasteiger partial charge on any atom is 0.258 e. The van der Waals surface area contributed by atoms with Crippen LogP contribution in [0, 0.1) is 6.92 Å². The van der Waals surface area contributed by atoms with E-state index in [-0.39, 0.29) is 11.3 Å². The number of H-pyrrole nitrogens is 1. The number of aromatic amines is 1. The lowest BCUT2D eigenvalue weighted by atomic mass is 9.92. The van der Waals surface area contributed by atoms with Crippen LogP contribution in [-0.2, 0) is 5.41 Å². The quantitative estimate of drug-likeness (QED) is 0.870. The van der Waals surface area contributed by atoms with Gasteiger partial charge in [0.05, 0.1) is 5.56 Å². The molecule has 106 valence electrons. The fraction of sp³-hybridized carbons (Fsp3) is 0.333. The van der Waals surface area contributed by atoms with Crippen LogP contribution >= 0.6 is 15.9 Å². The van der Waals surface area contributed by atoms with Crippen molar-refractivity contribution in [1.82, 2.24) is 10.2 Å². The van der Waals surface area contributed by atoms with Gasteiger partial charge in [-0.05, 0) is 40.5 Å². The van der Waals surface area contributed by atoms with E-state index < -0.39 is 0 Å². The van der Waals surface area contributed by atoms with Gasteiger partial charge in [0.15, 0.2) is 5.82 Å². The van der Waals surface area contributed by atoms with Crippen molar-refractivity contribution in [1.29, 1.82) is 0 Å².